The molecule has 3 saturated heterocycles. The second-order valence-electron chi connectivity index (χ2n) is 22.0. The minimum absolute atomic E-state index is 0.00563. The van der Waals surface area contributed by atoms with E-state index in [1.54, 1.807) is 17.7 Å². The number of piperidine rings is 1. The number of halogens is 1. The predicted molar refractivity (Wildman–Crippen MR) is 306 cm³/mol. The Morgan fingerprint density at radius 2 is 1.54 bits per heavy atom. The fourth-order valence-electron chi connectivity index (χ4n) is 10.3. The number of rotatable bonds is 25. The third kappa shape index (κ3) is 16.1. The van der Waals surface area contributed by atoms with Crippen molar-refractivity contribution in [3.8, 4) is 10.4 Å². The number of benzene rings is 2. The molecule has 3 fully saturated rings. The molecule has 4 atom stereocenters. The maximum atomic E-state index is 14.0. The Balaban J connectivity index is 0.668. The first-order chi connectivity index (χ1) is 38.5. The smallest absolute Gasteiger partial charge is 0.246 e. The Kier molecular flexibility index (Phi) is 21.0. The summed E-state index contributed by atoms with van der Waals surface area (Å²) >= 11 is 7.81. The van der Waals surface area contributed by atoms with E-state index < -0.39 is 35.0 Å². The standard InChI is InChI=1S/C57H77ClN12O9S/c1-38-49(80-37-64-38)41-7-5-39(6-8-41)34-61-53(74)46-33-43(71)35-70(46)54(75)50(56(2,3)4)66-47(72)15-27-77-29-31-79-32-30-78-28-16-48(73)68-25-23-67(24-26-68)20-14-45(40-9-11-42(58)12-10-40)65-55(76)57(59)17-21-69(22-18-57)52-44-13-19-60-51(44)62-36-63-52/h5-13,19,36-37,43,45-46,50,71H,14-18,20-35,59H2,1-4H3,(H,61,74)(H,65,76)(H,66,72)(H,60,62,63)/t43-,45?,46+,50?/m1/s1. The second kappa shape index (κ2) is 28.0. The summed E-state index contributed by atoms with van der Waals surface area (Å²) in [5, 5.41) is 21.2. The van der Waals surface area contributed by atoms with Crippen LogP contribution in [0.3, 0.4) is 0 Å². The van der Waals surface area contributed by atoms with E-state index >= 15 is 0 Å². The molecule has 5 aromatic rings. The van der Waals surface area contributed by atoms with E-state index in [9.17, 15) is 29.1 Å². The maximum Gasteiger partial charge on any atom is 0.246 e. The first kappa shape index (κ1) is 60.0. The van der Waals surface area contributed by atoms with E-state index in [0.29, 0.717) is 83.3 Å². The number of ether oxygens (including phenoxy) is 3. The zero-order valence-corrected chi connectivity index (χ0v) is 47.9. The second-order valence-corrected chi connectivity index (χ2v) is 23.2. The van der Waals surface area contributed by atoms with Gasteiger partial charge in [-0.05, 0) is 66.5 Å². The number of carbonyl (C=O) groups excluding carboxylic acids is 5. The minimum atomic E-state index is -1.03. The van der Waals surface area contributed by atoms with Gasteiger partial charge in [0.1, 0.15) is 29.9 Å². The van der Waals surface area contributed by atoms with Crippen LogP contribution in [0.25, 0.3) is 21.5 Å². The van der Waals surface area contributed by atoms with Crippen LogP contribution in [0.4, 0.5) is 5.82 Å². The number of nitrogens with one attached hydrogen (secondary N) is 4. The number of aromatic nitrogens is 4. The third-order valence-electron chi connectivity index (χ3n) is 15.2. The number of aromatic amines is 1. The van der Waals surface area contributed by atoms with Crippen molar-refractivity contribution in [2.75, 3.05) is 96.9 Å². The average molecular weight is 1140 g/mol. The van der Waals surface area contributed by atoms with E-state index in [0.717, 1.165) is 44.1 Å². The van der Waals surface area contributed by atoms with Crippen LogP contribution in [0.15, 0.2) is 72.6 Å². The Hall–Kier alpha value is -6.11. The summed E-state index contributed by atoms with van der Waals surface area (Å²) < 4.78 is 17.0. The number of aliphatic hydroxyl groups excluding tert-OH is 1. The number of carbonyl (C=O) groups is 5. The lowest BCUT2D eigenvalue weighted by Gasteiger charge is -2.39. The lowest BCUT2D eigenvalue weighted by Crippen LogP contribution is -2.60. The Morgan fingerprint density at radius 3 is 2.20 bits per heavy atom. The van der Waals surface area contributed by atoms with Crippen molar-refractivity contribution < 1.29 is 43.3 Å². The first-order valence-electron chi connectivity index (χ1n) is 27.6. The third-order valence-corrected chi connectivity index (χ3v) is 16.4. The van der Waals surface area contributed by atoms with Crippen LogP contribution in [0.1, 0.15) is 82.2 Å². The van der Waals surface area contributed by atoms with Gasteiger partial charge in [0, 0.05) is 83.0 Å². The quantitative estimate of drug-likeness (QED) is 0.0444. The highest BCUT2D eigenvalue weighted by Crippen LogP contribution is 2.31. The SMILES string of the molecule is Cc1ncsc1-c1ccc(CNC(=O)[C@@H]2C[C@@H](O)CN2C(=O)C(NC(=O)CCOCCOCCOCCC(=O)N2CCN(CCC(NC(=O)C3(N)CCN(c4ncnc5[nH]ccc45)CC3)c3ccc(Cl)cc3)CC2)C(C)(C)C)cc1. The van der Waals surface area contributed by atoms with Crippen LogP contribution in [0.5, 0.6) is 0 Å². The molecule has 6 heterocycles. The number of H-pyrrole nitrogens is 1. The van der Waals surface area contributed by atoms with Gasteiger partial charge in [-0.25, -0.2) is 15.0 Å². The van der Waals surface area contributed by atoms with Crippen LogP contribution >= 0.6 is 22.9 Å². The molecule has 80 heavy (non-hydrogen) atoms. The largest absolute Gasteiger partial charge is 0.391 e. The summed E-state index contributed by atoms with van der Waals surface area (Å²) in [6.45, 7) is 13.7. The van der Waals surface area contributed by atoms with Crippen molar-refractivity contribution in [1.29, 1.82) is 0 Å². The van der Waals surface area contributed by atoms with Crippen LogP contribution in [0.2, 0.25) is 5.02 Å². The molecule has 3 aromatic heterocycles. The molecule has 0 spiro atoms. The van der Waals surface area contributed by atoms with E-state index in [1.165, 1.54) is 4.90 Å². The zero-order chi connectivity index (χ0) is 56.8. The summed E-state index contributed by atoms with van der Waals surface area (Å²) in [5.41, 5.74) is 11.5. The van der Waals surface area contributed by atoms with E-state index in [2.05, 4.69) is 45.7 Å². The lowest BCUT2D eigenvalue weighted by atomic mass is 9.85. The molecule has 7 N–H and O–H groups in total. The van der Waals surface area contributed by atoms with Crippen molar-refractivity contribution in [3.05, 3.63) is 94.5 Å². The lowest BCUT2D eigenvalue weighted by molar-refractivity contribution is -0.144. The highest BCUT2D eigenvalue weighted by molar-refractivity contribution is 7.13. The van der Waals surface area contributed by atoms with Crippen molar-refractivity contribution in [3.63, 3.8) is 0 Å². The van der Waals surface area contributed by atoms with E-state index in [4.69, 9.17) is 31.5 Å². The number of anilines is 1. The number of hydrogen-bond acceptors (Lipinski definition) is 16. The number of β-amino-alcohol motifs (C(OH)–C–C–N with tert-alkyl or cyclic N) is 1. The number of fused-ring (bicyclic) bond motifs is 1. The topological polar surface area (TPSA) is 263 Å². The summed E-state index contributed by atoms with van der Waals surface area (Å²) in [7, 11) is 0. The van der Waals surface area contributed by atoms with Crippen molar-refractivity contribution >= 4 is 69.3 Å². The molecule has 5 amide bonds. The number of amides is 5. The van der Waals surface area contributed by atoms with Crippen LogP contribution in [-0.4, -0.2) is 185 Å². The van der Waals surface area contributed by atoms with Crippen molar-refractivity contribution in [2.24, 2.45) is 11.1 Å². The van der Waals surface area contributed by atoms with Crippen molar-refractivity contribution in [1.82, 2.24) is 50.6 Å². The molecule has 21 nitrogen and oxygen atoms in total. The highest BCUT2D eigenvalue weighted by Gasteiger charge is 2.45. The number of nitrogens with two attached hydrogens (primary N) is 1. The van der Waals surface area contributed by atoms with Crippen LogP contribution in [-0.2, 0) is 44.7 Å². The van der Waals surface area contributed by atoms with E-state index in [1.807, 2.05) is 98.9 Å². The fraction of sp³-hybridized carbons (Fsp3) is 0.544. The first-order valence-corrected chi connectivity index (χ1v) is 28.9. The molecule has 3 aliphatic rings. The summed E-state index contributed by atoms with van der Waals surface area (Å²) in [6.07, 6.45) is 4.46. The van der Waals surface area contributed by atoms with Gasteiger partial charge in [0.05, 0.1) is 85.2 Å². The maximum absolute atomic E-state index is 14.0. The van der Waals surface area contributed by atoms with Gasteiger partial charge in [-0.3, -0.25) is 28.9 Å². The fourth-order valence-corrected chi connectivity index (χ4v) is 11.3. The number of hydrogen-bond donors (Lipinski definition) is 6. The van der Waals surface area contributed by atoms with Crippen molar-refractivity contribution in [2.45, 2.75) is 103 Å². The predicted octanol–water partition coefficient (Wildman–Crippen LogP) is 4.37. The van der Waals surface area contributed by atoms with Gasteiger partial charge in [0.25, 0.3) is 0 Å². The Bertz CT molecular complexity index is 2850. The van der Waals surface area contributed by atoms with Gasteiger partial charge in [-0.15, -0.1) is 11.3 Å². The number of nitrogens with zero attached hydrogens (tertiary/aromatic N) is 7. The minimum Gasteiger partial charge on any atom is -0.391 e. The van der Waals surface area contributed by atoms with Gasteiger partial charge in [0.15, 0.2) is 0 Å². The van der Waals surface area contributed by atoms with Crippen LogP contribution in [0, 0.1) is 12.3 Å². The molecule has 0 aliphatic carbocycles. The van der Waals surface area contributed by atoms with Gasteiger partial charge in [-0.1, -0.05) is 68.8 Å². The molecular formula is C57H77ClN12O9S. The normalized spacial score (nSPS) is 18.5. The molecule has 23 heteroatoms. The number of thiazole rings is 1. The molecule has 432 valence electrons. The van der Waals surface area contributed by atoms with Gasteiger partial charge >= 0.3 is 0 Å². The van der Waals surface area contributed by atoms with Gasteiger partial charge in [0.2, 0.25) is 29.5 Å². The Labute approximate surface area is 476 Å². The molecule has 2 aromatic carbocycles. The summed E-state index contributed by atoms with van der Waals surface area (Å²) in [4.78, 5) is 92.7. The number of likely N-dealkylation sites (tertiary alicyclic amines) is 1. The molecule has 0 bridgehead atoms. The zero-order valence-electron chi connectivity index (χ0n) is 46.3. The molecule has 0 radical (unpaired) electrons. The molecule has 3 aliphatic heterocycles. The van der Waals surface area contributed by atoms with Gasteiger partial charge < -0.3 is 60.7 Å². The summed E-state index contributed by atoms with van der Waals surface area (Å²) in [6, 6.07) is 15.2. The van der Waals surface area contributed by atoms with Gasteiger partial charge in [-0.2, -0.15) is 0 Å². The monoisotopic (exact) mass is 1140 g/mol. The number of aryl methyl sites for hydroxylation is 1. The molecule has 2 unspecified atom stereocenters. The molecule has 8 rings (SSSR count). The molecular weight excluding hydrogens is 1060 g/mol. The average Bonchev–Trinajstić information content (AvgIpc) is 4.26. The van der Waals surface area contributed by atoms with E-state index in [-0.39, 0.29) is 88.5 Å². The van der Waals surface area contributed by atoms with Crippen LogP contribution < -0.4 is 26.6 Å². The summed E-state index contributed by atoms with van der Waals surface area (Å²) in [5.74, 6) is -0.503. The number of piperazine rings is 1. The Morgan fingerprint density at radius 1 is 0.863 bits per heavy atom. The molecule has 0 saturated carbocycles. The highest BCUT2D eigenvalue weighted by atomic mass is 35.5. The number of aliphatic hydroxyl groups is 1.